The Hall–Kier alpha value is -1.39. The summed E-state index contributed by atoms with van der Waals surface area (Å²) < 4.78 is 0. The molecule has 0 bridgehead atoms. The maximum Gasteiger partial charge on any atom is 0.230 e. The van der Waals surface area contributed by atoms with Gasteiger partial charge in [-0.2, -0.15) is 0 Å². The van der Waals surface area contributed by atoms with Crippen LogP contribution in [-0.2, 0) is 11.3 Å². The van der Waals surface area contributed by atoms with Gasteiger partial charge in [0.1, 0.15) is 0 Å². The molecule has 1 aliphatic heterocycles. The van der Waals surface area contributed by atoms with Gasteiger partial charge in [-0.1, -0.05) is 12.1 Å². The van der Waals surface area contributed by atoms with Crippen LogP contribution in [0.4, 0.5) is 5.69 Å². The molecule has 1 aromatic carbocycles. The minimum atomic E-state index is 0.116. The fourth-order valence-electron chi connectivity index (χ4n) is 1.83. The molecule has 1 aromatic rings. The molecule has 1 heterocycles. The number of nitrogens with zero attached hydrogens (tertiary/aromatic N) is 1. The van der Waals surface area contributed by atoms with Crippen LogP contribution in [0.25, 0.3) is 0 Å². The lowest BCUT2D eigenvalue weighted by Crippen LogP contribution is -2.48. The third-order valence-corrected chi connectivity index (χ3v) is 2.85. The van der Waals surface area contributed by atoms with Crippen LogP contribution in [-0.4, -0.2) is 38.0 Å². The molecule has 0 atom stereocenters. The van der Waals surface area contributed by atoms with Crippen molar-refractivity contribution in [2.45, 2.75) is 6.54 Å². The first-order chi connectivity index (χ1) is 8.15. The van der Waals surface area contributed by atoms with Crippen LogP contribution in [0.2, 0.25) is 0 Å². The van der Waals surface area contributed by atoms with Gasteiger partial charge < -0.3 is 15.5 Å². The number of carbonyl (C=O) groups is 1. The molecule has 0 spiro atoms. The lowest BCUT2D eigenvalue weighted by atomic mass is 10.0. The first kappa shape index (κ1) is 12.1. The first-order valence-electron chi connectivity index (χ1n) is 5.90. The topological polar surface area (TPSA) is 44.4 Å². The molecule has 0 aromatic heterocycles. The van der Waals surface area contributed by atoms with E-state index in [0.717, 1.165) is 25.3 Å². The van der Waals surface area contributed by atoms with Crippen LogP contribution in [0.15, 0.2) is 24.3 Å². The molecule has 4 heteroatoms. The normalized spacial score (nSPS) is 15.7. The molecule has 1 fully saturated rings. The Morgan fingerprint density at radius 3 is 2.82 bits per heavy atom. The van der Waals surface area contributed by atoms with E-state index in [2.05, 4.69) is 21.6 Å². The second-order valence-corrected chi connectivity index (χ2v) is 4.78. The van der Waals surface area contributed by atoms with E-state index in [1.54, 1.807) is 0 Å². The standard InChI is InChI=1S/C13H19N3O/c1-16(2)9-10-4-3-5-12(6-10)15-13(17)11-7-14-8-11/h3-6,11,14H,7-9H2,1-2H3,(H,15,17). The SMILES string of the molecule is CN(C)Cc1cccc(NC(=O)C2CNC2)c1. The summed E-state index contributed by atoms with van der Waals surface area (Å²) in [5.41, 5.74) is 2.10. The number of nitrogens with one attached hydrogen (secondary N) is 2. The van der Waals surface area contributed by atoms with Crippen molar-refractivity contribution in [1.29, 1.82) is 0 Å². The van der Waals surface area contributed by atoms with Crippen LogP contribution in [0, 0.1) is 5.92 Å². The predicted molar refractivity (Wildman–Crippen MR) is 68.8 cm³/mol. The van der Waals surface area contributed by atoms with E-state index in [0.29, 0.717) is 0 Å². The van der Waals surface area contributed by atoms with Gasteiger partial charge in [-0.05, 0) is 31.8 Å². The average Bonchev–Trinajstić information content (AvgIpc) is 2.13. The second-order valence-electron chi connectivity index (χ2n) is 4.78. The van der Waals surface area contributed by atoms with Crippen molar-refractivity contribution in [3.8, 4) is 0 Å². The number of benzene rings is 1. The van der Waals surface area contributed by atoms with Gasteiger partial charge in [-0.25, -0.2) is 0 Å². The Balaban J connectivity index is 1.97. The Kier molecular flexibility index (Phi) is 3.76. The van der Waals surface area contributed by atoms with E-state index in [1.807, 2.05) is 32.3 Å². The zero-order valence-electron chi connectivity index (χ0n) is 10.4. The van der Waals surface area contributed by atoms with Crippen molar-refractivity contribution >= 4 is 11.6 Å². The van der Waals surface area contributed by atoms with Crippen LogP contribution < -0.4 is 10.6 Å². The van der Waals surface area contributed by atoms with Crippen LogP contribution in [0.1, 0.15) is 5.56 Å². The molecule has 0 radical (unpaired) electrons. The van der Waals surface area contributed by atoms with Gasteiger partial charge in [0, 0.05) is 25.3 Å². The second kappa shape index (κ2) is 5.29. The average molecular weight is 233 g/mol. The number of hydrogen-bond acceptors (Lipinski definition) is 3. The number of anilines is 1. The largest absolute Gasteiger partial charge is 0.326 e. The molecule has 2 rings (SSSR count). The number of hydrogen-bond donors (Lipinski definition) is 2. The maximum atomic E-state index is 11.8. The Morgan fingerprint density at radius 2 is 2.24 bits per heavy atom. The highest BCUT2D eigenvalue weighted by atomic mass is 16.2. The third kappa shape index (κ3) is 3.28. The molecular formula is C13H19N3O. The smallest absolute Gasteiger partial charge is 0.230 e. The summed E-state index contributed by atoms with van der Waals surface area (Å²) in [6.45, 7) is 2.47. The molecule has 1 aliphatic rings. The van der Waals surface area contributed by atoms with Gasteiger partial charge in [0.05, 0.1) is 5.92 Å². The highest BCUT2D eigenvalue weighted by Crippen LogP contribution is 2.14. The van der Waals surface area contributed by atoms with E-state index >= 15 is 0 Å². The van der Waals surface area contributed by atoms with E-state index in [4.69, 9.17) is 0 Å². The predicted octanol–water partition coefficient (Wildman–Crippen LogP) is 0.906. The van der Waals surface area contributed by atoms with Crippen molar-refractivity contribution in [3.05, 3.63) is 29.8 Å². The molecule has 0 unspecified atom stereocenters. The molecule has 92 valence electrons. The monoisotopic (exact) mass is 233 g/mol. The summed E-state index contributed by atoms with van der Waals surface area (Å²) >= 11 is 0. The number of amides is 1. The van der Waals surface area contributed by atoms with Crippen LogP contribution in [0.5, 0.6) is 0 Å². The van der Waals surface area contributed by atoms with Gasteiger partial charge in [0.15, 0.2) is 0 Å². The van der Waals surface area contributed by atoms with Crippen molar-refractivity contribution in [2.75, 3.05) is 32.5 Å². The number of rotatable bonds is 4. The molecule has 1 amide bonds. The first-order valence-corrected chi connectivity index (χ1v) is 5.90. The Labute approximate surface area is 102 Å². The minimum absolute atomic E-state index is 0.116. The van der Waals surface area contributed by atoms with E-state index in [1.165, 1.54) is 5.56 Å². The maximum absolute atomic E-state index is 11.8. The zero-order valence-corrected chi connectivity index (χ0v) is 10.4. The van der Waals surface area contributed by atoms with Crippen LogP contribution >= 0.6 is 0 Å². The molecule has 4 nitrogen and oxygen atoms in total. The van der Waals surface area contributed by atoms with Crippen LogP contribution in [0.3, 0.4) is 0 Å². The van der Waals surface area contributed by atoms with Gasteiger partial charge >= 0.3 is 0 Å². The summed E-state index contributed by atoms with van der Waals surface area (Å²) in [5, 5.41) is 6.06. The van der Waals surface area contributed by atoms with Crippen molar-refractivity contribution < 1.29 is 4.79 Å². The molecule has 1 saturated heterocycles. The summed E-state index contributed by atoms with van der Waals surface area (Å²) in [7, 11) is 4.07. The van der Waals surface area contributed by atoms with Crippen molar-refractivity contribution in [3.63, 3.8) is 0 Å². The van der Waals surface area contributed by atoms with E-state index in [-0.39, 0.29) is 11.8 Å². The summed E-state index contributed by atoms with van der Waals surface area (Å²) in [4.78, 5) is 13.9. The molecule has 2 N–H and O–H groups in total. The van der Waals surface area contributed by atoms with Gasteiger partial charge in [0.25, 0.3) is 0 Å². The summed E-state index contributed by atoms with van der Waals surface area (Å²) in [5.74, 6) is 0.248. The Bertz CT molecular complexity index is 399. The van der Waals surface area contributed by atoms with Gasteiger partial charge in [0.2, 0.25) is 5.91 Å². The quantitative estimate of drug-likeness (QED) is 0.812. The fourth-order valence-corrected chi connectivity index (χ4v) is 1.83. The lowest BCUT2D eigenvalue weighted by Gasteiger charge is -2.25. The summed E-state index contributed by atoms with van der Waals surface area (Å²) in [6.07, 6.45) is 0. The molecule has 0 saturated carbocycles. The highest BCUT2D eigenvalue weighted by Gasteiger charge is 2.24. The van der Waals surface area contributed by atoms with Crippen molar-refractivity contribution in [1.82, 2.24) is 10.2 Å². The van der Waals surface area contributed by atoms with Gasteiger partial charge in [-0.3, -0.25) is 4.79 Å². The number of carbonyl (C=O) groups excluding carboxylic acids is 1. The zero-order chi connectivity index (χ0) is 12.3. The third-order valence-electron chi connectivity index (χ3n) is 2.85. The Morgan fingerprint density at radius 1 is 1.47 bits per heavy atom. The molecule has 17 heavy (non-hydrogen) atoms. The van der Waals surface area contributed by atoms with Gasteiger partial charge in [-0.15, -0.1) is 0 Å². The minimum Gasteiger partial charge on any atom is -0.326 e. The molecular weight excluding hydrogens is 214 g/mol. The highest BCUT2D eigenvalue weighted by molar-refractivity contribution is 5.93. The van der Waals surface area contributed by atoms with E-state index in [9.17, 15) is 4.79 Å². The lowest BCUT2D eigenvalue weighted by molar-refractivity contribution is -0.121. The van der Waals surface area contributed by atoms with Crippen molar-refractivity contribution in [2.24, 2.45) is 5.92 Å². The van der Waals surface area contributed by atoms with E-state index < -0.39 is 0 Å². The fraction of sp³-hybridized carbons (Fsp3) is 0.462. The summed E-state index contributed by atoms with van der Waals surface area (Å²) in [6, 6.07) is 8.02. The molecule has 0 aliphatic carbocycles.